The van der Waals surface area contributed by atoms with Crippen molar-refractivity contribution in [3.05, 3.63) is 0 Å². The van der Waals surface area contributed by atoms with Crippen molar-refractivity contribution in [2.24, 2.45) is 11.7 Å². The van der Waals surface area contributed by atoms with Gasteiger partial charge in [0.2, 0.25) is 0 Å². The maximum atomic E-state index is 6.03. The molecule has 0 bridgehead atoms. The monoisotopic (exact) mass is 223 g/mol. The van der Waals surface area contributed by atoms with E-state index in [2.05, 4.69) is 16.7 Å². The van der Waals surface area contributed by atoms with Gasteiger partial charge in [0.05, 0.1) is 0 Å². The van der Waals surface area contributed by atoms with Crippen LogP contribution >= 0.6 is 0 Å². The number of nitrogens with two attached hydrogens (primary N) is 1. The Labute approximate surface area is 99.0 Å². The smallest absolute Gasteiger partial charge is 0.0263 e. The fourth-order valence-corrected chi connectivity index (χ4v) is 4.03. The molecule has 0 aromatic heterocycles. The molecule has 3 saturated heterocycles. The zero-order valence-electron chi connectivity index (χ0n) is 10.4. The van der Waals surface area contributed by atoms with Crippen molar-refractivity contribution in [2.45, 2.75) is 50.7 Å². The first-order chi connectivity index (χ1) is 7.75. The molecule has 3 heterocycles. The van der Waals surface area contributed by atoms with Crippen LogP contribution in [-0.2, 0) is 0 Å². The van der Waals surface area contributed by atoms with Gasteiger partial charge < -0.3 is 5.73 Å². The molecule has 3 aliphatic heterocycles. The molecule has 4 unspecified atom stereocenters. The molecule has 0 aromatic carbocycles. The van der Waals surface area contributed by atoms with Crippen molar-refractivity contribution in [1.29, 1.82) is 0 Å². The minimum Gasteiger partial charge on any atom is -0.328 e. The van der Waals surface area contributed by atoms with Crippen molar-refractivity contribution >= 4 is 0 Å². The first-order valence-corrected chi connectivity index (χ1v) is 6.99. The van der Waals surface area contributed by atoms with Crippen LogP contribution in [0.15, 0.2) is 0 Å². The van der Waals surface area contributed by atoms with E-state index in [1.54, 1.807) is 0 Å². The van der Waals surface area contributed by atoms with Crippen LogP contribution < -0.4 is 5.73 Å². The summed E-state index contributed by atoms with van der Waals surface area (Å²) >= 11 is 0. The molecule has 0 aliphatic carbocycles. The van der Waals surface area contributed by atoms with Gasteiger partial charge in [-0.15, -0.1) is 0 Å². The van der Waals surface area contributed by atoms with Crippen LogP contribution in [0.4, 0.5) is 0 Å². The van der Waals surface area contributed by atoms with E-state index >= 15 is 0 Å². The van der Waals surface area contributed by atoms with E-state index in [0.29, 0.717) is 6.04 Å². The van der Waals surface area contributed by atoms with Gasteiger partial charge in [-0.3, -0.25) is 9.80 Å². The summed E-state index contributed by atoms with van der Waals surface area (Å²) in [5.41, 5.74) is 6.03. The van der Waals surface area contributed by atoms with Gasteiger partial charge in [-0.05, 0) is 51.6 Å². The van der Waals surface area contributed by atoms with Crippen molar-refractivity contribution in [3.8, 4) is 0 Å². The number of hydrogen-bond donors (Lipinski definition) is 1. The zero-order valence-corrected chi connectivity index (χ0v) is 10.4. The lowest BCUT2D eigenvalue weighted by Gasteiger charge is -2.29. The zero-order chi connectivity index (χ0) is 11.1. The molecule has 0 radical (unpaired) electrons. The Morgan fingerprint density at radius 2 is 1.75 bits per heavy atom. The van der Waals surface area contributed by atoms with Gasteiger partial charge in [-0.1, -0.05) is 0 Å². The topological polar surface area (TPSA) is 32.5 Å². The average molecular weight is 223 g/mol. The van der Waals surface area contributed by atoms with E-state index in [0.717, 1.165) is 18.0 Å². The molecule has 2 N–H and O–H groups in total. The Morgan fingerprint density at radius 1 is 1.00 bits per heavy atom. The first kappa shape index (κ1) is 11.0. The number of nitrogens with zero attached hydrogens (tertiary/aromatic N) is 2. The Kier molecular flexibility index (Phi) is 2.94. The second kappa shape index (κ2) is 4.28. The normalized spacial score (nSPS) is 42.8. The van der Waals surface area contributed by atoms with Crippen LogP contribution in [0.2, 0.25) is 0 Å². The molecule has 0 amide bonds. The fraction of sp³-hybridized carbons (Fsp3) is 1.00. The number of likely N-dealkylation sites (tertiary alicyclic amines) is 1. The Balaban J connectivity index is 1.62. The second-order valence-electron chi connectivity index (χ2n) is 6.00. The maximum absolute atomic E-state index is 6.03. The summed E-state index contributed by atoms with van der Waals surface area (Å²) in [6.07, 6.45) is 5.58. The quantitative estimate of drug-likeness (QED) is 0.755. The minimum absolute atomic E-state index is 0.381. The molecule has 3 fully saturated rings. The lowest BCUT2D eigenvalue weighted by Crippen LogP contribution is -2.42. The van der Waals surface area contributed by atoms with E-state index in [1.165, 1.54) is 51.9 Å². The number of rotatable bonds is 2. The summed E-state index contributed by atoms with van der Waals surface area (Å²) in [4.78, 5) is 5.45. The molecule has 16 heavy (non-hydrogen) atoms. The predicted octanol–water partition coefficient (Wildman–Crippen LogP) is 0.892. The van der Waals surface area contributed by atoms with E-state index < -0.39 is 0 Å². The van der Waals surface area contributed by atoms with Gasteiger partial charge in [-0.2, -0.15) is 0 Å². The average Bonchev–Trinajstić information content (AvgIpc) is 2.92. The van der Waals surface area contributed by atoms with Gasteiger partial charge >= 0.3 is 0 Å². The highest BCUT2D eigenvalue weighted by molar-refractivity contribution is 4.99. The Morgan fingerprint density at radius 3 is 2.50 bits per heavy atom. The Bertz CT molecular complexity index is 254. The van der Waals surface area contributed by atoms with Crippen molar-refractivity contribution in [1.82, 2.24) is 9.80 Å². The van der Waals surface area contributed by atoms with Crippen molar-refractivity contribution in [2.75, 3.05) is 26.2 Å². The molecule has 0 spiro atoms. The lowest BCUT2D eigenvalue weighted by molar-refractivity contribution is 0.184. The fourth-order valence-electron chi connectivity index (χ4n) is 4.03. The molecule has 3 nitrogen and oxygen atoms in total. The summed E-state index contributed by atoms with van der Waals surface area (Å²) in [5, 5.41) is 0. The van der Waals surface area contributed by atoms with E-state index in [9.17, 15) is 0 Å². The molecule has 0 aromatic rings. The SMILES string of the molecule is CC(N)C1CCN(C2CCN3CCCC23)C1. The number of fused-ring (bicyclic) bond motifs is 1. The molecule has 92 valence electrons. The highest BCUT2D eigenvalue weighted by Crippen LogP contribution is 2.34. The van der Waals surface area contributed by atoms with Crippen molar-refractivity contribution in [3.63, 3.8) is 0 Å². The van der Waals surface area contributed by atoms with Gasteiger partial charge in [0.25, 0.3) is 0 Å². The van der Waals surface area contributed by atoms with Crippen LogP contribution in [0.3, 0.4) is 0 Å². The third-order valence-corrected chi connectivity index (χ3v) is 5.04. The van der Waals surface area contributed by atoms with Gasteiger partial charge in [-0.25, -0.2) is 0 Å². The summed E-state index contributed by atoms with van der Waals surface area (Å²) in [6.45, 7) is 7.42. The van der Waals surface area contributed by atoms with Gasteiger partial charge in [0.15, 0.2) is 0 Å². The Hall–Kier alpha value is -0.120. The molecule has 3 rings (SSSR count). The molecule has 4 atom stereocenters. The van der Waals surface area contributed by atoms with Crippen LogP contribution in [0.1, 0.15) is 32.6 Å². The molecular weight excluding hydrogens is 198 g/mol. The number of hydrogen-bond acceptors (Lipinski definition) is 3. The first-order valence-electron chi connectivity index (χ1n) is 6.99. The van der Waals surface area contributed by atoms with E-state index in [-0.39, 0.29) is 0 Å². The largest absolute Gasteiger partial charge is 0.328 e. The summed E-state index contributed by atoms with van der Waals surface area (Å²) in [6, 6.07) is 2.11. The third kappa shape index (κ3) is 1.79. The van der Waals surface area contributed by atoms with E-state index in [1.807, 2.05) is 0 Å². The van der Waals surface area contributed by atoms with E-state index in [4.69, 9.17) is 5.73 Å². The molecule has 0 saturated carbocycles. The standard InChI is InChI=1S/C13H25N3/c1-10(14)11-4-7-16(9-11)13-5-8-15-6-2-3-12(13)15/h10-13H,2-9,14H2,1H3. The maximum Gasteiger partial charge on any atom is 0.0263 e. The molecule has 3 heteroatoms. The van der Waals surface area contributed by atoms with Gasteiger partial charge in [0, 0.05) is 31.2 Å². The highest BCUT2D eigenvalue weighted by atomic mass is 15.3. The summed E-state index contributed by atoms with van der Waals surface area (Å²) < 4.78 is 0. The highest BCUT2D eigenvalue weighted by Gasteiger charge is 2.42. The summed E-state index contributed by atoms with van der Waals surface area (Å²) in [5.74, 6) is 0.746. The molecular formula is C13H25N3. The van der Waals surface area contributed by atoms with Crippen molar-refractivity contribution < 1.29 is 0 Å². The van der Waals surface area contributed by atoms with Gasteiger partial charge in [0.1, 0.15) is 0 Å². The predicted molar refractivity (Wildman–Crippen MR) is 66.3 cm³/mol. The summed E-state index contributed by atoms with van der Waals surface area (Å²) in [7, 11) is 0. The second-order valence-corrected chi connectivity index (χ2v) is 6.00. The molecule has 3 aliphatic rings. The van der Waals surface area contributed by atoms with Crippen LogP contribution in [-0.4, -0.2) is 54.1 Å². The van der Waals surface area contributed by atoms with Crippen LogP contribution in [0, 0.1) is 5.92 Å². The van der Waals surface area contributed by atoms with Crippen LogP contribution in [0.25, 0.3) is 0 Å². The third-order valence-electron chi connectivity index (χ3n) is 5.04. The lowest BCUT2D eigenvalue weighted by atomic mass is 10.0. The van der Waals surface area contributed by atoms with Crippen LogP contribution in [0.5, 0.6) is 0 Å². The minimum atomic E-state index is 0.381.